The molecule has 27 heavy (non-hydrogen) atoms. The maximum atomic E-state index is 12.9. The van der Waals surface area contributed by atoms with E-state index in [1.165, 1.54) is 24.5 Å². The van der Waals surface area contributed by atoms with Crippen LogP contribution in [0.2, 0.25) is 0 Å². The van der Waals surface area contributed by atoms with Crippen molar-refractivity contribution in [2.45, 2.75) is 32.1 Å². The maximum Gasteiger partial charge on any atom is 0.406 e. The van der Waals surface area contributed by atoms with Crippen molar-refractivity contribution in [2.24, 2.45) is 0 Å². The van der Waals surface area contributed by atoms with Gasteiger partial charge in [0.05, 0.1) is 12.8 Å². The highest BCUT2D eigenvalue weighted by atomic mass is 19.4. The van der Waals surface area contributed by atoms with Crippen LogP contribution < -0.4 is 0 Å². The largest absolute Gasteiger partial charge is 0.467 e. The zero-order chi connectivity index (χ0) is 19.4. The lowest BCUT2D eigenvalue weighted by Gasteiger charge is -2.23. The van der Waals surface area contributed by atoms with Crippen molar-refractivity contribution in [3.8, 4) is 0 Å². The number of halogens is 3. The second-order valence-corrected chi connectivity index (χ2v) is 6.47. The lowest BCUT2D eigenvalue weighted by atomic mass is 10.1. The van der Waals surface area contributed by atoms with Crippen LogP contribution in [0.15, 0.2) is 47.1 Å². The number of amides is 2. The molecule has 0 N–H and O–H groups in total. The second-order valence-electron chi connectivity index (χ2n) is 6.47. The predicted molar refractivity (Wildman–Crippen MR) is 90.6 cm³/mol. The summed E-state index contributed by atoms with van der Waals surface area (Å²) in [6.45, 7) is -0.500. The highest BCUT2D eigenvalue weighted by Gasteiger charge is 2.33. The van der Waals surface area contributed by atoms with Crippen molar-refractivity contribution in [2.75, 3.05) is 13.1 Å². The minimum Gasteiger partial charge on any atom is -0.467 e. The van der Waals surface area contributed by atoms with Crippen LogP contribution in [-0.2, 0) is 17.9 Å². The third-order valence-electron chi connectivity index (χ3n) is 4.33. The summed E-state index contributed by atoms with van der Waals surface area (Å²) in [5.41, 5.74) is 0.984. The summed E-state index contributed by atoms with van der Waals surface area (Å²) in [6.07, 6.45) is -1.80. The molecule has 0 unspecified atom stereocenters. The van der Waals surface area contributed by atoms with E-state index in [9.17, 15) is 22.8 Å². The maximum absolute atomic E-state index is 12.9. The number of carbonyl (C=O) groups is 2. The van der Waals surface area contributed by atoms with Crippen molar-refractivity contribution >= 4 is 11.8 Å². The number of carbonyl (C=O) groups excluding carboxylic acids is 2. The van der Waals surface area contributed by atoms with Crippen LogP contribution in [0.4, 0.5) is 13.2 Å². The van der Waals surface area contributed by atoms with Crippen molar-refractivity contribution in [3.63, 3.8) is 0 Å². The molecule has 2 amide bonds. The first-order valence-electron chi connectivity index (χ1n) is 8.57. The molecule has 1 saturated heterocycles. The van der Waals surface area contributed by atoms with Gasteiger partial charge in [-0.1, -0.05) is 12.1 Å². The van der Waals surface area contributed by atoms with Crippen LogP contribution in [0.3, 0.4) is 0 Å². The monoisotopic (exact) mass is 380 g/mol. The van der Waals surface area contributed by atoms with Crippen LogP contribution in [0.5, 0.6) is 0 Å². The summed E-state index contributed by atoms with van der Waals surface area (Å²) in [7, 11) is 0. The molecule has 0 saturated carbocycles. The van der Waals surface area contributed by atoms with Gasteiger partial charge in [-0.05, 0) is 36.2 Å². The van der Waals surface area contributed by atoms with Crippen molar-refractivity contribution in [1.29, 1.82) is 0 Å². The van der Waals surface area contributed by atoms with Crippen LogP contribution in [0.1, 0.15) is 34.5 Å². The molecule has 2 aromatic rings. The normalized spacial score (nSPS) is 14.6. The third kappa shape index (κ3) is 5.12. The van der Waals surface area contributed by atoms with Gasteiger partial charge in [-0.2, -0.15) is 13.2 Å². The zero-order valence-corrected chi connectivity index (χ0v) is 14.5. The first-order valence-corrected chi connectivity index (χ1v) is 8.57. The van der Waals surface area contributed by atoms with Gasteiger partial charge in [-0.3, -0.25) is 9.59 Å². The molecule has 5 nitrogen and oxygen atoms in total. The Labute approximate surface area is 154 Å². The van der Waals surface area contributed by atoms with E-state index >= 15 is 0 Å². The Bertz CT molecular complexity index is 786. The summed E-state index contributed by atoms with van der Waals surface area (Å²) >= 11 is 0. The minimum absolute atomic E-state index is 0.0879. The molecule has 1 aliphatic rings. The molecule has 0 spiro atoms. The fourth-order valence-electron chi connectivity index (χ4n) is 3.03. The smallest absolute Gasteiger partial charge is 0.406 e. The Morgan fingerprint density at radius 3 is 2.48 bits per heavy atom. The highest BCUT2D eigenvalue weighted by Crippen LogP contribution is 2.21. The summed E-state index contributed by atoms with van der Waals surface area (Å²) in [5, 5.41) is 0. The zero-order valence-electron chi connectivity index (χ0n) is 14.5. The quantitative estimate of drug-likeness (QED) is 0.769. The van der Waals surface area contributed by atoms with Gasteiger partial charge in [0.2, 0.25) is 5.91 Å². The Kier molecular flexibility index (Phi) is 5.53. The Hall–Kier alpha value is -2.77. The van der Waals surface area contributed by atoms with Gasteiger partial charge >= 0.3 is 6.18 Å². The van der Waals surface area contributed by atoms with Crippen LogP contribution in [0, 0.1) is 0 Å². The number of furan rings is 1. The first-order chi connectivity index (χ1) is 12.8. The summed E-state index contributed by atoms with van der Waals surface area (Å²) < 4.78 is 43.7. The number of hydrogen-bond donors (Lipinski definition) is 0. The van der Waals surface area contributed by atoms with Gasteiger partial charge < -0.3 is 14.2 Å². The number of benzene rings is 1. The SMILES string of the molecule is O=C1CCCN1Cc1ccc(C(=O)N(Cc2ccco2)CC(F)(F)F)cc1. The Morgan fingerprint density at radius 2 is 1.93 bits per heavy atom. The number of alkyl halides is 3. The Morgan fingerprint density at radius 1 is 1.19 bits per heavy atom. The molecule has 0 bridgehead atoms. The van der Waals surface area contributed by atoms with E-state index in [4.69, 9.17) is 4.42 Å². The number of likely N-dealkylation sites (tertiary alicyclic amines) is 1. The van der Waals surface area contributed by atoms with E-state index in [1.54, 1.807) is 23.1 Å². The lowest BCUT2D eigenvalue weighted by molar-refractivity contribution is -0.142. The second kappa shape index (κ2) is 7.85. The highest BCUT2D eigenvalue weighted by molar-refractivity contribution is 5.94. The van der Waals surface area contributed by atoms with E-state index in [-0.39, 0.29) is 23.8 Å². The number of hydrogen-bond acceptors (Lipinski definition) is 3. The number of nitrogens with zero attached hydrogens (tertiary/aromatic N) is 2. The Balaban J connectivity index is 1.71. The average Bonchev–Trinajstić information content (AvgIpc) is 3.25. The molecule has 3 rings (SSSR count). The van der Waals surface area contributed by atoms with E-state index in [0.29, 0.717) is 24.4 Å². The molecule has 144 valence electrons. The van der Waals surface area contributed by atoms with E-state index in [2.05, 4.69) is 0 Å². The van der Waals surface area contributed by atoms with Crippen LogP contribution in [0.25, 0.3) is 0 Å². The fourth-order valence-corrected chi connectivity index (χ4v) is 3.03. The van der Waals surface area contributed by atoms with Gasteiger partial charge in [0.1, 0.15) is 12.3 Å². The molecule has 1 aromatic carbocycles. The fraction of sp³-hybridized carbons (Fsp3) is 0.368. The number of rotatable bonds is 6. The summed E-state index contributed by atoms with van der Waals surface area (Å²) in [4.78, 5) is 26.7. The molecule has 0 atom stereocenters. The predicted octanol–water partition coefficient (Wildman–Crippen LogP) is 3.61. The van der Waals surface area contributed by atoms with Gasteiger partial charge in [0.25, 0.3) is 5.91 Å². The standard InChI is InChI=1S/C19H19F3N2O3/c20-19(21,22)13-24(12-16-3-2-10-27-16)18(26)15-7-5-14(6-8-15)11-23-9-1-4-17(23)25/h2-3,5-8,10H,1,4,9,11-13H2. The van der Waals surface area contributed by atoms with E-state index in [1.807, 2.05) is 0 Å². The summed E-state index contributed by atoms with van der Waals surface area (Å²) in [5.74, 6) is -0.366. The van der Waals surface area contributed by atoms with E-state index < -0.39 is 18.6 Å². The molecule has 8 heteroatoms. The van der Waals surface area contributed by atoms with Gasteiger partial charge in [0, 0.05) is 25.1 Å². The van der Waals surface area contributed by atoms with E-state index in [0.717, 1.165) is 12.0 Å². The van der Waals surface area contributed by atoms with Gasteiger partial charge in [0.15, 0.2) is 0 Å². The average molecular weight is 380 g/mol. The van der Waals surface area contributed by atoms with Crippen molar-refractivity contribution in [3.05, 3.63) is 59.5 Å². The van der Waals surface area contributed by atoms with Gasteiger partial charge in [-0.25, -0.2) is 0 Å². The minimum atomic E-state index is -4.52. The third-order valence-corrected chi connectivity index (χ3v) is 4.33. The van der Waals surface area contributed by atoms with Crippen molar-refractivity contribution < 1.29 is 27.2 Å². The molecular weight excluding hydrogens is 361 g/mol. The lowest BCUT2D eigenvalue weighted by Crippen LogP contribution is -2.38. The molecule has 0 radical (unpaired) electrons. The molecule has 1 fully saturated rings. The van der Waals surface area contributed by atoms with Crippen LogP contribution in [-0.4, -0.2) is 40.9 Å². The van der Waals surface area contributed by atoms with Gasteiger partial charge in [-0.15, -0.1) is 0 Å². The molecule has 1 aromatic heterocycles. The topological polar surface area (TPSA) is 53.8 Å². The van der Waals surface area contributed by atoms with Crippen LogP contribution >= 0.6 is 0 Å². The summed E-state index contributed by atoms with van der Waals surface area (Å²) in [6, 6.07) is 9.38. The molecular formula is C19H19F3N2O3. The molecule has 2 heterocycles. The first kappa shape index (κ1) is 19.0. The molecule has 0 aliphatic carbocycles. The van der Waals surface area contributed by atoms with Crippen molar-refractivity contribution in [1.82, 2.24) is 9.80 Å². The molecule has 1 aliphatic heterocycles.